The van der Waals surface area contributed by atoms with Gasteiger partial charge in [0.05, 0.1) is 30.0 Å². The average Bonchev–Trinajstić information content (AvgIpc) is 2.52. The zero-order valence-electron chi connectivity index (χ0n) is 11.5. The quantitative estimate of drug-likeness (QED) is 0.902. The normalized spacial score (nSPS) is 18.6. The maximum Gasteiger partial charge on any atom is 0.256 e. The van der Waals surface area contributed by atoms with Crippen molar-refractivity contribution < 1.29 is 9.90 Å². The van der Waals surface area contributed by atoms with Gasteiger partial charge >= 0.3 is 0 Å². The Morgan fingerprint density at radius 3 is 3.15 bits per heavy atom. The topological polar surface area (TPSA) is 77.2 Å². The van der Waals surface area contributed by atoms with Crippen LogP contribution in [0.15, 0.2) is 18.3 Å². The zero-order valence-corrected chi connectivity index (χ0v) is 11.5. The van der Waals surface area contributed by atoms with Crippen molar-refractivity contribution in [2.75, 3.05) is 13.2 Å². The zero-order chi connectivity index (χ0) is 14.4. The lowest BCUT2D eigenvalue weighted by atomic mass is 10.0. The van der Waals surface area contributed by atoms with E-state index in [2.05, 4.69) is 11.1 Å². The number of nitrogens with zero attached hydrogens (tertiary/aromatic N) is 3. The van der Waals surface area contributed by atoms with E-state index in [1.54, 1.807) is 23.2 Å². The molecular formula is C15H19N3O2. The molecule has 1 N–H and O–H groups in total. The van der Waals surface area contributed by atoms with Crippen LogP contribution in [0.4, 0.5) is 0 Å². The van der Waals surface area contributed by atoms with Crippen molar-refractivity contribution >= 4 is 5.91 Å². The van der Waals surface area contributed by atoms with E-state index in [1.165, 1.54) is 0 Å². The maximum atomic E-state index is 12.6. The molecule has 1 aliphatic rings. The third-order valence-corrected chi connectivity index (χ3v) is 3.69. The van der Waals surface area contributed by atoms with Gasteiger partial charge in [0.2, 0.25) is 0 Å². The molecule has 2 rings (SSSR count). The second kappa shape index (κ2) is 7.01. The van der Waals surface area contributed by atoms with Crippen molar-refractivity contribution in [3.8, 4) is 6.07 Å². The fourth-order valence-corrected chi connectivity index (χ4v) is 2.62. The van der Waals surface area contributed by atoms with E-state index in [1.807, 2.05) is 0 Å². The van der Waals surface area contributed by atoms with Crippen molar-refractivity contribution in [2.24, 2.45) is 0 Å². The number of aromatic nitrogens is 1. The number of carbonyl (C=O) groups excluding carboxylic acids is 1. The van der Waals surface area contributed by atoms with Crippen LogP contribution < -0.4 is 0 Å². The molecule has 1 saturated heterocycles. The van der Waals surface area contributed by atoms with Gasteiger partial charge in [-0.05, 0) is 31.4 Å². The van der Waals surface area contributed by atoms with Crippen LogP contribution in [0.5, 0.6) is 0 Å². The number of aryl methyl sites for hydroxylation is 1. The van der Waals surface area contributed by atoms with Gasteiger partial charge in [-0.2, -0.15) is 5.26 Å². The number of amides is 1. The molecule has 5 nitrogen and oxygen atoms in total. The van der Waals surface area contributed by atoms with Crippen LogP contribution in [0.2, 0.25) is 0 Å². The first-order valence-corrected chi connectivity index (χ1v) is 7.00. The van der Waals surface area contributed by atoms with E-state index in [9.17, 15) is 9.90 Å². The Balaban J connectivity index is 2.21. The summed E-state index contributed by atoms with van der Waals surface area (Å²) in [5.41, 5.74) is 1.23. The lowest BCUT2D eigenvalue weighted by molar-refractivity contribution is 0.0501. The largest absolute Gasteiger partial charge is 0.394 e. The van der Waals surface area contributed by atoms with Gasteiger partial charge in [0.15, 0.2) is 0 Å². The Morgan fingerprint density at radius 2 is 2.40 bits per heavy atom. The summed E-state index contributed by atoms with van der Waals surface area (Å²) in [5, 5.41) is 18.1. The first kappa shape index (κ1) is 14.5. The van der Waals surface area contributed by atoms with E-state index in [0.29, 0.717) is 30.6 Å². The number of aliphatic hydroxyl groups is 1. The van der Waals surface area contributed by atoms with Gasteiger partial charge in [-0.1, -0.05) is 0 Å². The third-order valence-electron chi connectivity index (χ3n) is 3.69. The number of hydrogen-bond acceptors (Lipinski definition) is 4. The molecule has 20 heavy (non-hydrogen) atoms. The Bertz CT molecular complexity index is 510. The smallest absolute Gasteiger partial charge is 0.256 e. The SMILES string of the molecule is N#CCCc1ncccc1C(=O)N1CCCCC1CO. The molecule has 0 saturated carbocycles. The lowest BCUT2D eigenvalue weighted by Crippen LogP contribution is -2.46. The molecule has 106 valence electrons. The lowest BCUT2D eigenvalue weighted by Gasteiger charge is -2.35. The summed E-state index contributed by atoms with van der Waals surface area (Å²) in [5.74, 6) is -0.0789. The summed E-state index contributed by atoms with van der Waals surface area (Å²) in [6.45, 7) is 0.677. The minimum atomic E-state index is -0.0970. The van der Waals surface area contributed by atoms with Gasteiger partial charge in [0, 0.05) is 25.6 Å². The molecule has 0 aromatic carbocycles. The summed E-state index contributed by atoms with van der Waals surface area (Å²) in [4.78, 5) is 18.6. The van der Waals surface area contributed by atoms with E-state index in [-0.39, 0.29) is 18.6 Å². The minimum absolute atomic E-state index is 0.000465. The van der Waals surface area contributed by atoms with Crippen LogP contribution in [0.25, 0.3) is 0 Å². The van der Waals surface area contributed by atoms with Gasteiger partial charge in [-0.15, -0.1) is 0 Å². The Labute approximate surface area is 118 Å². The van der Waals surface area contributed by atoms with E-state index < -0.39 is 0 Å². The standard InChI is InChI=1S/C15H19N3O2/c16-8-3-7-14-13(6-4-9-17-14)15(20)18-10-2-1-5-12(18)11-19/h4,6,9,12,19H,1-3,5,7,10-11H2. The summed E-state index contributed by atoms with van der Waals surface area (Å²) in [6.07, 6.45) is 5.33. The van der Waals surface area contributed by atoms with Gasteiger partial charge in [-0.3, -0.25) is 9.78 Å². The molecule has 1 aliphatic heterocycles. The highest BCUT2D eigenvalue weighted by atomic mass is 16.3. The molecule has 1 aromatic rings. The Morgan fingerprint density at radius 1 is 1.55 bits per heavy atom. The molecule has 0 bridgehead atoms. The molecule has 1 amide bonds. The second-order valence-corrected chi connectivity index (χ2v) is 4.99. The highest BCUT2D eigenvalue weighted by Gasteiger charge is 2.28. The fourth-order valence-electron chi connectivity index (χ4n) is 2.62. The number of hydrogen-bond donors (Lipinski definition) is 1. The van der Waals surface area contributed by atoms with E-state index >= 15 is 0 Å². The van der Waals surface area contributed by atoms with Crippen molar-refractivity contribution in [3.63, 3.8) is 0 Å². The molecule has 0 radical (unpaired) electrons. The maximum absolute atomic E-state index is 12.6. The average molecular weight is 273 g/mol. The van der Waals surface area contributed by atoms with Crippen LogP contribution in [-0.4, -0.2) is 40.1 Å². The van der Waals surface area contributed by atoms with Crippen LogP contribution in [0, 0.1) is 11.3 Å². The van der Waals surface area contributed by atoms with Gasteiger partial charge in [0.1, 0.15) is 0 Å². The molecule has 0 aliphatic carbocycles. The van der Waals surface area contributed by atoms with Crippen molar-refractivity contribution in [1.82, 2.24) is 9.88 Å². The van der Waals surface area contributed by atoms with Crippen LogP contribution in [0.1, 0.15) is 41.7 Å². The summed E-state index contributed by atoms with van der Waals surface area (Å²) < 4.78 is 0. The summed E-state index contributed by atoms with van der Waals surface area (Å²) in [7, 11) is 0. The molecule has 2 heterocycles. The summed E-state index contributed by atoms with van der Waals surface area (Å²) >= 11 is 0. The van der Waals surface area contributed by atoms with Gasteiger partial charge < -0.3 is 10.0 Å². The van der Waals surface area contributed by atoms with Crippen molar-refractivity contribution in [2.45, 2.75) is 38.1 Å². The van der Waals surface area contributed by atoms with Crippen molar-refractivity contribution in [3.05, 3.63) is 29.6 Å². The number of pyridine rings is 1. The molecule has 1 fully saturated rings. The molecule has 1 unspecified atom stereocenters. The predicted molar refractivity (Wildman–Crippen MR) is 73.9 cm³/mol. The number of likely N-dealkylation sites (tertiary alicyclic amines) is 1. The number of nitriles is 1. The third kappa shape index (κ3) is 3.14. The van der Waals surface area contributed by atoms with Gasteiger partial charge in [-0.25, -0.2) is 0 Å². The van der Waals surface area contributed by atoms with Crippen LogP contribution in [-0.2, 0) is 6.42 Å². The number of aliphatic hydroxyl groups excluding tert-OH is 1. The summed E-state index contributed by atoms with van der Waals surface area (Å²) in [6, 6.07) is 5.47. The molecular weight excluding hydrogens is 254 g/mol. The molecule has 1 atom stereocenters. The van der Waals surface area contributed by atoms with Gasteiger partial charge in [0.25, 0.3) is 5.91 Å². The molecule has 1 aromatic heterocycles. The Hall–Kier alpha value is -1.93. The monoisotopic (exact) mass is 273 g/mol. The number of rotatable bonds is 4. The molecule has 5 heteroatoms. The highest BCUT2D eigenvalue weighted by molar-refractivity contribution is 5.95. The van der Waals surface area contributed by atoms with Crippen LogP contribution >= 0.6 is 0 Å². The number of carbonyl (C=O) groups is 1. The Kier molecular flexibility index (Phi) is 5.08. The first-order chi connectivity index (χ1) is 9.77. The minimum Gasteiger partial charge on any atom is -0.394 e. The van der Waals surface area contributed by atoms with Crippen LogP contribution in [0.3, 0.4) is 0 Å². The predicted octanol–water partition coefficient (Wildman–Crippen LogP) is 1.52. The fraction of sp³-hybridized carbons (Fsp3) is 0.533. The van der Waals surface area contributed by atoms with E-state index in [4.69, 9.17) is 5.26 Å². The van der Waals surface area contributed by atoms with Crippen molar-refractivity contribution in [1.29, 1.82) is 5.26 Å². The highest BCUT2D eigenvalue weighted by Crippen LogP contribution is 2.20. The first-order valence-electron chi connectivity index (χ1n) is 7.00. The number of piperidine rings is 1. The van der Waals surface area contributed by atoms with E-state index in [0.717, 1.165) is 19.3 Å². The second-order valence-electron chi connectivity index (χ2n) is 4.99. The molecule has 0 spiro atoms.